The predicted molar refractivity (Wildman–Crippen MR) is 66.0 cm³/mol. The lowest BCUT2D eigenvalue weighted by Gasteiger charge is -2.06. The van der Waals surface area contributed by atoms with E-state index in [0.29, 0.717) is 17.0 Å². The molecule has 5 nitrogen and oxygen atoms in total. The summed E-state index contributed by atoms with van der Waals surface area (Å²) < 4.78 is 4.90. The molecule has 0 spiro atoms. The Labute approximate surface area is 105 Å². The number of nitrogens with one attached hydrogen (secondary N) is 1. The average Bonchev–Trinajstić information content (AvgIpc) is 2.28. The Kier molecular flexibility index (Phi) is 5.51. The van der Waals surface area contributed by atoms with Crippen LogP contribution in [0.4, 0.5) is 0 Å². The molecule has 6 heteroatoms. The van der Waals surface area contributed by atoms with Crippen LogP contribution in [0.2, 0.25) is 0 Å². The van der Waals surface area contributed by atoms with Gasteiger partial charge in [0.15, 0.2) is 0 Å². The van der Waals surface area contributed by atoms with Gasteiger partial charge in [-0.2, -0.15) is 0 Å². The number of ether oxygens (including phenoxy) is 1. The van der Waals surface area contributed by atoms with E-state index in [2.05, 4.69) is 17.9 Å². The molecule has 0 aliphatic rings. The third-order valence-corrected chi connectivity index (χ3v) is 2.31. The molecule has 0 radical (unpaired) electrons. The first-order chi connectivity index (χ1) is 8.11. The van der Waals surface area contributed by atoms with Gasteiger partial charge in [0.05, 0.1) is 12.2 Å². The number of nitrogens with two attached hydrogens (primary N) is 1. The minimum atomic E-state index is -0.531. The van der Waals surface area contributed by atoms with Crippen LogP contribution in [0.3, 0.4) is 0 Å². The molecule has 0 atom stereocenters. The van der Waals surface area contributed by atoms with Crippen molar-refractivity contribution in [2.45, 2.75) is 4.90 Å². The zero-order valence-corrected chi connectivity index (χ0v) is 10.1. The smallest absolute Gasteiger partial charge is 0.252 e. The van der Waals surface area contributed by atoms with Gasteiger partial charge in [0, 0.05) is 11.4 Å². The number of carbonyl (C=O) groups excluding carboxylic acids is 2. The Morgan fingerprint density at radius 3 is 2.71 bits per heavy atom. The molecule has 0 aromatic heterocycles. The topological polar surface area (TPSA) is 81.4 Å². The van der Waals surface area contributed by atoms with E-state index in [1.165, 1.54) is 0 Å². The van der Waals surface area contributed by atoms with Crippen molar-refractivity contribution >= 4 is 24.4 Å². The Morgan fingerprint density at radius 2 is 2.06 bits per heavy atom. The summed E-state index contributed by atoms with van der Waals surface area (Å²) >= 11 is 4.17. The van der Waals surface area contributed by atoms with Crippen molar-refractivity contribution in [3.05, 3.63) is 29.8 Å². The summed E-state index contributed by atoms with van der Waals surface area (Å²) in [6.07, 6.45) is 0. The normalized spacial score (nSPS) is 9.94. The largest absolute Gasteiger partial charge is 0.370 e. The van der Waals surface area contributed by atoms with Crippen molar-refractivity contribution in [2.75, 3.05) is 19.8 Å². The average molecular weight is 254 g/mol. The third kappa shape index (κ3) is 4.88. The van der Waals surface area contributed by atoms with Gasteiger partial charge in [-0.15, -0.1) is 12.6 Å². The number of benzene rings is 1. The van der Waals surface area contributed by atoms with Crippen molar-refractivity contribution in [1.82, 2.24) is 5.32 Å². The van der Waals surface area contributed by atoms with Gasteiger partial charge in [-0.3, -0.25) is 9.59 Å². The van der Waals surface area contributed by atoms with E-state index in [0.717, 1.165) is 0 Å². The highest BCUT2D eigenvalue weighted by Gasteiger charge is 2.07. The van der Waals surface area contributed by atoms with E-state index < -0.39 is 5.91 Å². The van der Waals surface area contributed by atoms with Gasteiger partial charge in [-0.1, -0.05) is 12.1 Å². The fourth-order valence-electron chi connectivity index (χ4n) is 1.17. The zero-order valence-electron chi connectivity index (χ0n) is 9.18. The van der Waals surface area contributed by atoms with Gasteiger partial charge in [0.1, 0.15) is 6.61 Å². The quantitative estimate of drug-likeness (QED) is 0.501. The molecule has 2 amide bonds. The first kappa shape index (κ1) is 13.5. The predicted octanol–water partition coefficient (Wildman–Crippen LogP) is 0.207. The first-order valence-corrected chi connectivity index (χ1v) is 5.48. The van der Waals surface area contributed by atoms with Gasteiger partial charge >= 0.3 is 0 Å². The molecule has 92 valence electrons. The van der Waals surface area contributed by atoms with Crippen molar-refractivity contribution in [2.24, 2.45) is 5.73 Å². The van der Waals surface area contributed by atoms with E-state index in [9.17, 15) is 9.59 Å². The molecule has 1 aromatic carbocycles. The molecule has 1 rings (SSSR count). The van der Waals surface area contributed by atoms with Crippen LogP contribution in [0.25, 0.3) is 0 Å². The van der Waals surface area contributed by atoms with Crippen LogP contribution in [0.15, 0.2) is 29.2 Å². The summed E-state index contributed by atoms with van der Waals surface area (Å²) in [4.78, 5) is 22.6. The Morgan fingerprint density at radius 1 is 1.35 bits per heavy atom. The van der Waals surface area contributed by atoms with Gasteiger partial charge in [0.25, 0.3) is 5.91 Å². The Bertz CT molecular complexity index is 409. The second kappa shape index (κ2) is 6.93. The first-order valence-electron chi connectivity index (χ1n) is 5.03. The number of primary amides is 1. The minimum absolute atomic E-state index is 0.140. The molecule has 1 aromatic rings. The summed E-state index contributed by atoms with van der Waals surface area (Å²) in [5, 5.41) is 2.65. The maximum Gasteiger partial charge on any atom is 0.252 e. The molecule has 17 heavy (non-hydrogen) atoms. The minimum Gasteiger partial charge on any atom is -0.370 e. The highest BCUT2D eigenvalue weighted by molar-refractivity contribution is 7.80. The summed E-state index contributed by atoms with van der Waals surface area (Å²) in [6, 6.07) is 6.98. The molecule has 0 heterocycles. The molecule has 0 unspecified atom stereocenters. The van der Waals surface area contributed by atoms with Gasteiger partial charge in [-0.05, 0) is 12.1 Å². The number of thiol groups is 1. The van der Waals surface area contributed by atoms with Crippen LogP contribution in [0.1, 0.15) is 10.4 Å². The van der Waals surface area contributed by atoms with E-state index in [4.69, 9.17) is 10.5 Å². The molecule has 0 saturated heterocycles. The molecule has 3 N–H and O–H groups in total. The van der Waals surface area contributed by atoms with Crippen molar-refractivity contribution in [1.29, 1.82) is 0 Å². The summed E-state index contributed by atoms with van der Waals surface area (Å²) in [5.41, 5.74) is 5.39. The van der Waals surface area contributed by atoms with Crippen LogP contribution in [-0.2, 0) is 9.53 Å². The van der Waals surface area contributed by atoms with Crippen LogP contribution < -0.4 is 11.1 Å². The lowest BCUT2D eigenvalue weighted by Crippen LogP contribution is -2.29. The monoisotopic (exact) mass is 254 g/mol. The fraction of sp³-hybridized carbons (Fsp3) is 0.273. The van der Waals surface area contributed by atoms with Crippen LogP contribution in [-0.4, -0.2) is 31.6 Å². The van der Waals surface area contributed by atoms with Crippen LogP contribution >= 0.6 is 12.6 Å². The molecular weight excluding hydrogens is 240 g/mol. The van der Waals surface area contributed by atoms with E-state index in [-0.39, 0.29) is 19.1 Å². The summed E-state index contributed by atoms with van der Waals surface area (Å²) in [7, 11) is 0. The highest BCUT2D eigenvalue weighted by atomic mass is 32.1. The van der Waals surface area contributed by atoms with Crippen molar-refractivity contribution in [3.8, 4) is 0 Å². The van der Waals surface area contributed by atoms with Crippen molar-refractivity contribution in [3.63, 3.8) is 0 Å². The van der Waals surface area contributed by atoms with Crippen LogP contribution in [0.5, 0.6) is 0 Å². The number of hydrogen-bond donors (Lipinski definition) is 3. The Balaban J connectivity index is 2.31. The van der Waals surface area contributed by atoms with Gasteiger partial charge in [0.2, 0.25) is 5.91 Å². The second-order valence-corrected chi connectivity index (χ2v) is 3.77. The summed E-state index contributed by atoms with van der Waals surface area (Å²) in [5.74, 6) is -0.754. The second-order valence-electron chi connectivity index (χ2n) is 3.29. The summed E-state index contributed by atoms with van der Waals surface area (Å²) in [6.45, 7) is 0.413. The highest BCUT2D eigenvalue weighted by Crippen LogP contribution is 2.12. The molecular formula is C11H14N2O3S. The van der Waals surface area contributed by atoms with E-state index >= 15 is 0 Å². The lowest BCUT2D eigenvalue weighted by molar-refractivity contribution is -0.122. The third-order valence-electron chi connectivity index (χ3n) is 1.92. The molecule has 0 fully saturated rings. The maximum absolute atomic E-state index is 11.7. The number of hydrogen-bond acceptors (Lipinski definition) is 4. The molecule has 0 bridgehead atoms. The van der Waals surface area contributed by atoms with Crippen molar-refractivity contribution < 1.29 is 14.3 Å². The number of amides is 2. The van der Waals surface area contributed by atoms with E-state index in [1.54, 1.807) is 24.3 Å². The lowest BCUT2D eigenvalue weighted by atomic mass is 10.2. The van der Waals surface area contributed by atoms with Crippen LogP contribution in [0, 0.1) is 0 Å². The SMILES string of the molecule is NC(=O)COCCNC(=O)c1ccccc1S. The number of carbonyl (C=O) groups is 2. The molecule has 0 aliphatic carbocycles. The molecule has 0 aliphatic heterocycles. The number of rotatable bonds is 6. The maximum atomic E-state index is 11.7. The van der Waals surface area contributed by atoms with Gasteiger partial charge in [-0.25, -0.2) is 0 Å². The molecule has 0 saturated carbocycles. The zero-order chi connectivity index (χ0) is 12.7. The Hall–Kier alpha value is -1.53. The van der Waals surface area contributed by atoms with Gasteiger partial charge < -0.3 is 15.8 Å². The van der Waals surface area contributed by atoms with E-state index in [1.807, 2.05) is 0 Å². The standard InChI is InChI=1S/C11H14N2O3S/c12-10(14)7-16-6-5-13-11(15)8-3-1-2-4-9(8)17/h1-4,17H,5-7H2,(H2,12,14)(H,13,15). The fourth-order valence-corrected chi connectivity index (χ4v) is 1.43.